The van der Waals surface area contributed by atoms with Crippen molar-refractivity contribution in [2.45, 2.75) is 26.7 Å². The summed E-state index contributed by atoms with van der Waals surface area (Å²) in [7, 11) is 0. The molecule has 1 aromatic rings. The summed E-state index contributed by atoms with van der Waals surface area (Å²) in [6, 6.07) is 6.47. The molecule has 1 heterocycles. The summed E-state index contributed by atoms with van der Waals surface area (Å²) in [5, 5.41) is 9.43. The zero-order valence-electron chi connectivity index (χ0n) is 13.1. The number of nitriles is 1. The van der Waals surface area contributed by atoms with E-state index in [1.807, 2.05) is 6.07 Å². The first-order valence-electron chi connectivity index (χ1n) is 7.12. The van der Waals surface area contributed by atoms with Crippen molar-refractivity contribution in [2.75, 3.05) is 6.61 Å². The maximum absolute atomic E-state index is 14.4. The third-order valence-electron chi connectivity index (χ3n) is 3.66. The van der Waals surface area contributed by atoms with E-state index in [4.69, 9.17) is 15.2 Å². The maximum atomic E-state index is 14.4. The Morgan fingerprint density at radius 1 is 1.48 bits per heavy atom. The number of allylic oxidation sites excluding steroid dienone is 2. The van der Waals surface area contributed by atoms with Gasteiger partial charge < -0.3 is 15.2 Å². The van der Waals surface area contributed by atoms with Crippen LogP contribution < -0.4 is 5.73 Å². The second kappa shape index (κ2) is 6.53. The molecule has 0 spiro atoms. The Morgan fingerprint density at radius 3 is 2.74 bits per heavy atom. The third-order valence-corrected chi connectivity index (χ3v) is 3.66. The van der Waals surface area contributed by atoms with E-state index in [-0.39, 0.29) is 35.0 Å². The zero-order valence-corrected chi connectivity index (χ0v) is 13.1. The number of halogens is 1. The molecule has 5 nitrogen and oxygen atoms in total. The highest BCUT2D eigenvalue weighted by Gasteiger charge is 2.38. The molecule has 1 aromatic carbocycles. The van der Waals surface area contributed by atoms with Gasteiger partial charge in [-0.05, 0) is 32.4 Å². The van der Waals surface area contributed by atoms with E-state index in [0.717, 1.165) is 0 Å². The van der Waals surface area contributed by atoms with Crippen LogP contribution in [0.3, 0.4) is 0 Å². The number of aryl methyl sites for hydroxylation is 1. The molecule has 0 aromatic heterocycles. The lowest BCUT2D eigenvalue weighted by atomic mass is 9.81. The number of nitrogens with two attached hydrogens (primary N) is 1. The fourth-order valence-corrected chi connectivity index (χ4v) is 2.65. The molecule has 2 rings (SSSR count). The molecule has 120 valence electrons. The van der Waals surface area contributed by atoms with Crippen LogP contribution in [0.1, 0.15) is 30.9 Å². The monoisotopic (exact) mass is 316 g/mol. The molecule has 0 saturated heterocycles. The molecule has 6 heteroatoms. The van der Waals surface area contributed by atoms with Gasteiger partial charge in [-0.15, -0.1) is 0 Å². The van der Waals surface area contributed by atoms with E-state index >= 15 is 0 Å². The molecule has 0 saturated carbocycles. The predicted molar refractivity (Wildman–Crippen MR) is 81.1 cm³/mol. The Balaban J connectivity index is 2.72. The predicted octanol–water partition coefficient (Wildman–Crippen LogP) is 2.78. The second-order valence-corrected chi connectivity index (χ2v) is 5.09. The van der Waals surface area contributed by atoms with Gasteiger partial charge >= 0.3 is 5.97 Å². The van der Waals surface area contributed by atoms with Gasteiger partial charge in [-0.3, -0.25) is 0 Å². The molecule has 1 unspecified atom stereocenters. The van der Waals surface area contributed by atoms with Gasteiger partial charge in [0.15, 0.2) is 0 Å². The van der Waals surface area contributed by atoms with Crippen molar-refractivity contribution in [3.63, 3.8) is 0 Å². The van der Waals surface area contributed by atoms with Gasteiger partial charge in [0.2, 0.25) is 5.88 Å². The van der Waals surface area contributed by atoms with Crippen LogP contribution in [0.15, 0.2) is 41.0 Å². The minimum absolute atomic E-state index is 0.00754. The first-order chi connectivity index (χ1) is 10.9. The minimum Gasteiger partial charge on any atom is -0.463 e. The van der Waals surface area contributed by atoms with Crippen LogP contribution in [0, 0.1) is 24.1 Å². The molecule has 1 atom stereocenters. The van der Waals surface area contributed by atoms with Gasteiger partial charge in [-0.25, -0.2) is 9.18 Å². The van der Waals surface area contributed by atoms with Crippen molar-refractivity contribution in [3.05, 3.63) is 57.9 Å². The van der Waals surface area contributed by atoms with Crippen molar-refractivity contribution in [3.8, 4) is 6.07 Å². The summed E-state index contributed by atoms with van der Waals surface area (Å²) < 4.78 is 24.8. The number of hydrogen-bond acceptors (Lipinski definition) is 5. The Labute approximate surface area is 133 Å². The van der Waals surface area contributed by atoms with Crippen LogP contribution in [0.4, 0.5) is 4.39 Å². The van der Waals surface area contributed by atoms with Crippen LogP contribution in [-0.2, 0) is 14.3 Å². The molecular formula is C17H17FN2O3. The van der Waals surface area contributed by atoms with Crippen LogP contribution in [0.2, 0.25) is 0 Å². The summed E-state index contributed by atoms with van der Waals surface area (Å²) in [5.74, 6) is -2.06. The van der Waals surface area contributed by atoms with E-state index in [2.05, 4.69) is 0 Å². The van der Waals surface area contributed by atoms with Crippen LogP contribution in [-0.4, -0.2) is 12.6 Å². The van der Waals surface area contributed by atoms with Crippen LogP contribution in [0.25, 0.3) is 0 Å². The van der Waals surface area contributed by atoms with Crippen molar-refractivity contribution in [1.82, 2.24) is 0 Å². The van der Waals surface area contributed by atoms with E-state index in [1.54, 1.807) is 26.0 Å². The fraction of sp³-hybridized carbons (Fsp3) is 0.294. The van der Waals surface area contributed by atoms with E-state index in [1.165, 1.54) is 13.0 Å². The standard InChI is InChI=1S/C17H17FN2O3/c1-4-22-17(21)14-10(3)23-16(20)11(8-19)15(14)13-9(2)6-5-7-12(13)18/h5-7,15H,4,20H2,1-3H3. The van der Waals surface area contributed by atoms with Crippen molar-refractivity contribution < 1.29 is 18.7 Å². The van der Waals surface area contributed by atoms with Gasteiger partial charge in [-0.2, -0.15) is 5.26 Å². The summed E-state index contributed by atoms with van der Waals surface area (Å²) in [4.78, 5) is 12.3. The Morgan fingerprint density at radius 2 is 2.17 bits per heavy atom. The largest absolute Gasteiger partial charge is 0.463 e. The molecule has 23 heavy (non-hydrogen) atoms. The number of nitrogens with zero attached hydrogens (tertiary/aromatic N) is 1. The van der Waals surface area contributed by atoms with Crippen LogP contribution in [0.5, 0.6) is 0 Å². The molecule has 0 radical (unpaired) electrons. The third kappa shape index (κ3) is 2.90. The highest BCUT2D eigenvalue weighted by atomic mass is 19.1. The highest BCUT2D eigenvalue weighted by molar-refractivity contribution is 5.92. The topological polar surface area (TPSA) is 85.3 Å². The lowest BCUT2D eigenvalue weighted by molar-refractivity contribution is -0.139. The maximum Gasteiger partial charge on any atom is 0.338 e. The number of benzene rings is 1. The van der Waals surface area contributed by atoms with Crippen LogP contribution >= 0.6 is 0 Å². The zero-order chi connectivity index (χ0) is 17.1. The number of hydrogen-bond donors (Lipinski definition) is 1. The van der Waals surface area contributed by atoms with Gasteiger partial charge in [0.25, 0.3) is 0 Å². The van der Waals surface area contributed by atoms with Crippen molar-refractivity contribution in [1.29, 1.82) is 5.26 Å². The van der Waals surface area contributed by atoms with Crippen molar-refractivity contribution >= 4 is 5.97 Å². The lowest BCUT2D eigenvalue weighted by Gasteiger charge is -2.28. The Kier molecular flexibility index (Phi) is 4.70. The summed E-state index contributed by atoms with van der Waals surface area (Å²) in [6.07, 6.45) is 0. The second-order valence-electron chi connectivity index (χ2n) is 5.09. The number of carbonyl (C=O) groups is 1. The number of rotatable bonds is 3. The molecular weight excluding hydrogens is 299 g/mol. The first-order valence-corrected chi connectivity index (χ1v) is 7.12. The SMILES string of the molecule is CCOC(=O)C1=C(C)OC(N)=C(C#N)C1c1c(C)cccc1F. The molecule has 1 aliphatic heterocycles. The first kappa shape index (κ1) is 16.6. The summed E-state index contributed by atoms with van der Waals surface area (Å²) in [5.41, 5.74) is 6.68. The van der Waals surface area contributed by atoms with Gasteiger partial charge in [0.1, 0.15) is 23.2 Å². The Bertz CT molecular complexity index is 739. The van der Waals surface area contributed by atoms with E-state index < -0.39 is 17.7 Å². The smallest absolute Gasteiger partial charge is 0.338 e. The van der Waals surface area contributed by atoms with Gasteiger partial charge in [0, 0.05) is 5.56 Å². The normalized spacial score (nSPS) is 17.6. The molecule has 0 bridgehead atoms. The number of carbonyl (C=O) groups excluding carboxylic acids is 1. The summed E-state index contributed by atoms with van der Waals surface area (Å²) in [6.45, 7) is 5.06. The van der Waals surface area contributed by atoms with Crippen molar-refractivity contribution in [2.24, 2.45) is 5.73 Å². The van der Waals surface area contributed by atoms with E-state index in [9.17, 15) is 14.4 Å². The minimum atomic E-state index is -0.950. The van der Waals surface area contributed by atoms with E-state index in [0.29, 0.717) is 5.56 Å². The average molecular weight is 316 g/mol. The summed E-state index contributed by atoms with van der Waals surface area (Å²) >= 11 is 0. The van der Waals surface area contributed by atoms with Gasteiger partial charge in [0.05, 0.1) is 18.1 Å². The lowest BCUT2D eigenvalue weighted by Crippen LogP contribution is -2.26. The fourth-order valence-electron chi connectivity index (χ4n) is 2.65. The molecule has 0 amide bonds. The Hall–Kier alpha value is -2.81. The average Bonchev–Trinajstić information content (AvgIpc) is 2.47. The highest BCUT2D eigenvalue weighted by Crippen LogP contribution is 2.41. The molecule has 2 N–H and O–H groups in total. The quantitative estimate of drug-likeness (QED) is 0.867. The molecule has 0 fully saturated rings. The number of esters is 1. The van der Waals surface area contributed by atoms with Gasteiger partial charge in [-0.1, -0.05) is 12.1 Å². The molecule has 0 aliphatic carbocycles. The number of ether oxygens (including phenoxy) is 2. The molecule has 1 aliphatic rings.